The van der Waals surface area contributed by atoms with E-state index in [-0.39, 0.29) is 11.8 Å². The lowest BCUT2D eigenvalue weighted by Gasteiger charge is -2.18. The van der Waals surface area contributed by atoms with Gasteiger partial charge in [0, 0.05) is 17.3 Å². The summed E-state index contributed by atoms with van der Waals surface area (Å²) >= 11 is 3.35. The normalized spacial score (nSPS) is 18.9. The molecular formula is C14H16BrN3O3. The van der Waals surface area contributed by atoms with E-state index in [4.69, 9.17) is 5.73 Å². The van der Waals surface area contributed by atoms with E-state index in [1.165, 1.54) is 0 Å². The molecule has 7 heteroatoms. The third-order valence-corrected chi connectivity index (χ3v) is 3.79. The summed E-state index contributed by atoms with van der Waals surface area (Å²) in [4.78, 5) is 34.7. The van der Waals surface area contributed by atoms with Crippen LogP contribution in [0.25, 0.3) is 0 Å². The van der Waals surface area contributed by atoms with E-state index in [1.807, 2.05) is 24.3 Å². The topological polar surface area (TPSA) is 101 Å². The van der Waals surface area contributed by atoms with Gasteiger partial charge in [-0.25, -0.2) is 0 Å². The molecule has 21 heavy (non-hydrogen) atoms. The Labute approximate surface area is 130 Å². The summed E-state index contributed by atoms with van der Waals surface area (Å²) in [5.41, 5.74) is 6.22. The second kappa shape index (κ2) is 6.71. The van der Waals surface area contributed by atoms with Crippen molar-refractivity contribution in [2.45, 2.75) is 31.3 Å². The zero-order chi connectivity index (χ0) is 15.4. The summed E-state index contributed by atoms with van der Waals surface area (Å²) in [7, 11) is 0. The maximum absolute atomic E-state index is 12.0. The molecule has 0 radical (unpaired) electrons. The van der Waals surface area contributed by atoms with Gasteiger partial charge < -0.3 is 16.4 Å². The van der Waals surface area contributed by atoms with Crippen molar-refractivity contribution in [2.75, 3.05) is 0 Å². The van der Waals surface area contributed by atoms with E-state index in [9.17, 15) is 14.4 Å². The third kappa shape index (κ3) is 4.29. The van der Waals surface area contributed by atoms with Crippen LogP contribution in [0.5, 0.6) is 0 Å². The van der Waals surface area contributed by atoms with Gasteiger partial charge in [-0.1, -0.05) is 28.1 Å². The molecule has 1 aliphatic rings. The highest BCUT2D eigenvalue weighted by molar-refractivity contribution is 9.10. The first kappa shape index (κ1) is 15.5. The molecule has 0 spiro atoms. The molecule has 1 aromatic carbocycles. The van der Waals surface area contributed by atoms with E-state index < -0.39 is 18.0 Å². The first-order chi connectivity index (χ1) is 9.95. The predicted octanol–water partition coefficient (Wildman–Crippen LogP) is 0.240. The fourth-order valence-electron chi connectivity index (χ4n) is 2.21. The number of nitrogens with one attached hydrogen (secondary N) is 2. The minimum absolute atomic E-state index is 0.155. The first-order valence-electron chi connectivity index (χ1n) is 6.59. The van der Waals surface area contributed by atoms with Gasteiger partial charge in [-0.05, 0) is 24.1 Å². The number of rotatable bonds is 5. The molecule has 2 rings (SSSR count). The van der Waals surface area contributed by atoms with Gasteiger partial charge in [0.25, 0.3) is 0 Å². The standard InChI is InChI=1S/C14H16BrN3O3/c15-9-3-1-2-8(6-9)7-11(13(16)20)18-14(21)10-4-5-12(19)17-10/h1-3,6,10-11H,4-5,7H2,(H2,16,20)(H,17,19)(H,18,21)/t10-,11+/m1/s1. The Balaban J connectivity index is 2.00. The molecule has 1 aliphatic heterocycles. The molecule has 6 nitrogen and oxygen atoms in total. The maximum Gasteiger partial charge on any atom is 0.243 e. The molecule has 0 bridgehead atoms. The Morgan fingerprint density at radius 2 is 2.24 bits per heavy atom. The second-order valence-corrected chi connectivity index (χ2v) is 5.87. The van der Waals surface area contributed by atoms with Crippen molar-refractivity contribution < 1.29 is 14.4 Å². The van der Waals surface area contributed by atoms with Crippen molar-refractivity contribution in [2.24, 2.45) is 5.73 Å². The van der Waals surface area contributed by atoms with Gasteiger partial charge in [-0.15, -0.1) is 0 Å². The smallest absolute Gasteiger partial charge is 0.243 e. The van der Waals surface area contributed by atoms with Crippen LogP contribution in [0.2, 0.25) is 0 Å². The molecule has 1 aromatic rings. The highest BCUT2D eigenvalue weighted by Gasteiger charge is 2.29. The zero-order valence-electron chi connectivity index (χ0n) is 11.3. The molecule has 4 N–H and O–H groups in total. The van der Waals surface area contributed by atoms with Gasteiger partial charge in [-0.2, -0.15) is 0 Å². The molecular weight excluding hydrogens is 338 g/mol. The van der Waals surface area contributed by atoms with Crippen LogP contribution < -0.4 is 16.4 Å². The Morgan fingerprint density at radius 3 is 2.81 bits per heavy atom. The van der Waals surface area contributed by atoms with Crippen molar-refractivity contribution in [3.05, 3.63) is 34.3 Å². The summed E-state index contributed by atoms with van der Waals surface area (Å²) < 4.78 is 0.887. The Hall–Kier alpha value is -1.89. The molecule has 1 saturated heterocycles. The van der Waals surface area contributed by atoms with E-state index in [1.54, 1.807) is 0 Å². The molecule has 0 saturated carbocycles. The van der Waals surface area contributed by atoms with Crippen LogP contribution in [-0.4, -0.2) is 29.8 Å². The van der Waals surface area contributed by atoms with Gasteiger partial charge in [0.15, 0.2) is 0 Å². The van der Waals surface area contributed by atoms with E-state index >= 15 is 0 Å². The molecule has 0 aromatic heterocycles. The number of primary amides is 1. The number of hydrogen-bond donors (Lipinski definition) is 3. The summed E-state index contributed by atoms with van der Waals surface area (Å²) in [6.45, 7) is 0. The Kier molecular flexibility index (Phi) is 4.95. The van der Waals surface area contributed by atoms with Crippen molar-refractivity contribution >= 4 is 33.7 Å². The minimum atomic E-state index is -0.802. The fraction of sp³-hybridized carbons (Fsp3) is 0.357. The van der Waals surface area contributed by atoms with Crippen LogP contribution in [0.3, 0.4) is 0 Å². The predicted molar refractivity (Wildman–Crippen MR) is 80.1 cm³/mol. The van der Waals surface area contributed by atoms with E-state index in [0.29, 0.717) is 19.3 Å². The van der Waals surface area contributed by atoms with Gasteiger partial charge >= 0.3 is 0 Å². The van der Waals surface area contributed by atoms with Crippen molar-refractivity contribution in [3.63, 3.8) is 0 Å². The van der Waals surface area contributed by atoms with Gasteiger partial charge in [-0.3, -0.25) is 14.4 Å². The van der Waals surface area contributed by atoms with Gasteiger partial charge in [0.1, 0.15) is 12.1 Å². The average molecular weight is 354 g/mol. The van der Waals surface area contributed by atoms with Crippen LogP contribution in [0.4, 0.5) is 0 Å². The lowest BCUT2D eigenvalue weighted by molar-refractivity contribution is -0.129. The lowest BCUT2D eigenvalue weighted by Crippen LogP contribution is -2.51. The fourth-order valence-corrected chi connectivity index (χ4v) is 2.65. The Morgan fingerprint density at radius 1 is 1.48 bits per heavy atom. The summed E-state index contributed by atoms with van der Waals surface area (Å²) in [5, 5.41) is 5.16. The lowest BCUT2D eigenvalue weighted by atomic mass is 10.0. The SMILES string of the molecule is NC(=O)[C@H](Cc1cccc(Br)c1)NC(=O)[C@H]1CCC(=O)N1. The van der Waals surface area contributed by atoms with Crippen LogP contribution in [0.15, 0.2) is 28.7 Å². The van der Waals surface area contributed by atoms with Crippen molar-refractivity contribution in [1.82, 2.24) is 10.6 Å². The molecule has 0 unspecified atom stereocenters. The number of carbonyl (C=O) groups excluding carboxylic acids is 3. The molecule has 1 fully saturated rings. The molecule has 2 atom stereocenters. The van der Waals surface area contributed by atoms with Crippen LogP contribution in [-0.2, 0) is 20.8 Å². The summed E-state index contributed by atoms with van der Waals surface area (Å²) in [6, 6.07) is 6.04. The number of benzene rings is 1. The van der Waals surface area contributed by atoms with Crippen molar-refractivity contribution in [1.29, 1.82) is 0 Å². The minimum Gasteiger partial charge on any atom is -0.368 e. The third-order valence-electron chi connectivity index (χ3n) is 3.30. The van der Waals surface area contributed by atoms with Crippen LogP contribution >= 0.6 is 15.9 Å². The van der Waals surface area contributed by atoms with Crippen molar-refractivity contribution in [3.8, 4) is 0 Å². The van der Waals surface area contributed by atoms with E-state index in [2.05, 4.69) is 26.6 Å². The van der Waals surface area contributed by atoms with Gasteiger partial charge in [0.2, 0.25) is 17.7 Å². The number of hydrogen-bond acceptors (Lipinski definition) is 3. The maximum atomic E-state index is 12.0. The number of nitrogens with two attached hydrogens (primary N) is 1. The molecule has 0 aliphatic carbocycles. The number of carbonyl (C=O) groups is 3. The highest BCUT2D eigenvalue weighted by Crippen LogP contribution is 2.13. The first-order valence-corrected chi connectivity index (χ1v) is 7.38. The largest absolute Gasteiger partial charge is 0.368 e. The Bertz CT molecular complexity index is 576. The van der Waals surface area contributed by atoms with Crippen LogP contribution in [0.1, 0.15) is 18.4 Å². The average Bonchev–Trinajstić information content (AvgIpc) is 2.84. The second-order valence-electron chi connectivity index (χ2n) is 4.96. The zero-order valence-corrected chi connectivity index (χ0v) is 12.9. The number of amides is 3. The highest BCUT2D eigenvalue weighted by atomic mass is 79.9. The number of halogens is 1. The summed E-state index contributed by atoms with van der Waals surface area (Å²) in [6.07, 6.45) is 1.07. The quantitative estimate of drug-likeness (QED) is 0.706. The van der Waals surface area contributed by atoms with Gasteiger partial charge in [0.05, 0.1) is 0 Å². The van der Waals surface area contributed by atoms with E-state index in [0.717, 1.165) is 10.0 Å². The molecule has 1 heterocycles. The monoisotopic (exact) mass is 353 g/mol. The molecule has 3 amide bonds. The van der Waals surface area contributed by atoms with Crippen LogP contribution in [0, 0.1) is 0 Å². The molecule has 112 valence electrons. The summed E-state index contributed by atoms with van der Waals surface area (Å²) in [5.74, 6) is -1.13.